The van der Waals surface area contributed by atoms with E-state index in [0.29, 0.717) is 29.2 Å². The van der Waals surface area contributed by atoms with Gasteiger partial charge < -0.3 is 4.57 Å². The average molecular weight is 927 g/mol. The minimum Gasteiger partial charge on any atom is -0.316 e. The summed E-state index contributed by atoms with van der Waals surface area (Å²) in [7, 11) is -1.97. The van der Waals surface area contributed by atoms with Crippen molar-refractivity contribution >= 4 is 13.8 Å². The minimum absolute atomic E-state index is 0.000939. The number of benzene rings is 4. The van der Waals surface area contributed by atoms with E-state index < -0.39 is 13.7 Å². The van der Waals surface area contributed by atoms with E-state index in [1.807, 2.05) is 0 Å². The third-order valence-corrected chi connectivity index (χ3v) is 23.8. The van der Waals surface area contributed by atoms with Crippen molar-refractivity contribution in [3.63, 3.8) is 0 Å². The van der Waals surface area contributed by atoms with Crippen LogP contribution < -0.4 is 0 Å². The van der Waals surface area contributed by atoms with E-state index in [4.69, 9.17) is 0 Å². The Morgan fingerprint density at radius 2 is 1.12 bits per heavy atom. The first-order valence-corrected chi connectivity index (χ1v) is 30.8. The summed E-state index contributed by atoms with van der Waals surface area (Å²) in [5.74, 6) is 2.52. The molecular formula is C66H91NSi. The summed E-state index contributed by atoms with van der Waals surface area (Å²) >= 11 is 0. The van der Waals surface area contributed by atoms with Gasteiger partial charge in [0.1, 0.15) is 8.24 Å². The normalized spacial score (nSPS) is 24.3. The molecule has 4 aromatic carbocycles. The Morgan fingerprint density at radius 1 is 0.588 bits per heavy atom. The number of hydrogen-bond acceptors (Lipinski definition) is 1. The van der Waals surface area contributed by atoms with Crippen LogP contribution in [0.4, 0.5) is 0 Å². The summed E-state index contributed by atoms with van der Waals surface area (Å²) in [4.78, 5) is 0. The molecule has 2 saturated carbocycles. The summed E-state index contributed by atoms with van der Waals surface area (Å²) in [6.45, 7) is 40.0. The van der Waals surface area contributed by atoms with Gasteiger partial charge in [-0.05, 0) is 160 Å². The molecular weight excluding hydrogens is 835 g/mol. The van der Waals surface area contributed by atoms with Gasteiger partial charge in [0.15, 0.2) is 0 Å². The van der Waals surface area contributed by atoms with Crippen molar-refractivity contribution in [2.45, 2.75) is 219 Å². The SMILES string of the molecule is CCCCC1(CCCC)C2=CC3C(C)C(C)C([Si](C)(C)N(C4CCCCC4)C(C)(C)C)C3C=C2c2ccc(C3(c4ccc(C)cc4)c4cc(C(C)(C)C)ccc4-c4ccc(C(C)(C)C)cc43)cc21. The molecule has 0 radical (unpaired) electrons. The van der Waals surface area contributed by atoms with Gasteiger partial charge in [-0.25, -0.2) is 0 Å². The minimum atomic E-state index is -1.97. The first kappa shape index (κ1) is 49.5. The van der Waals surface area contributed by atoms with Crippen LogP contribution in [-0.2, 0) is 21.7 Å². The predicted octanol–water partition coefficient (Wildman–Crippen LogP) is 18.4. The molecule has 0 saturated heterocycles. The lowest BCUT2D eigenvalue weighted by molar-refractivity contribution is 0.138. The fourth-order valence-electron chi connectivity index (χ4n) is 15.8. The van der Waals surface area contributed by atoms with Gasteiger partial charge in [0, 0.05) is 17.0 Å². The molecule has 0 heterocycles. The number of fused-ring (bicyclic) bond motifs is 7. The van der Waals surface area contributed by atoms with Gasteiger partial charge in [-0.3, -0.25) is 0 Å². The highest BCUT2D eigenvalue weighted by molar-refractivity contribution is 6.76. The van der Waals surface area contributed by atoms with Crippen molar-refractivity contribution in [3.05, 3.63) is 147 Å². The molecule has 68 heavy (non-hydrogen) atoms. The zero-order valence-corrected chi connectivity index (χ0v) is 46.8. The molecule has 4 aromatic rings. The van der Waals surface area contributed by atoms with Crippen LogP contribution in [0.5, 0.6) is 0 Å². The molecule has 2 heteroatoms. The van der Waals surface area contributed by atoms with E-state index in [-0.39, 0.29) is 21.8 Å². The molecule has 5 atom stereocenters. The van der Waals surface area contributed by atoms with Gasteiger partial charge in [0.05, 0.1) is 5.41 Å². The molecule has 0 aliphatic heterocycles. The quantitative estimate of drug-likeness (QED) is 0.119. The monoisotopic (exact) mass is 926 g/mol. The van der Waals surface area contributed by atoms with Crippen molar-refractivity contribution in [3.8, 4) is 11.1 Å². The van der Waals surface area contributed by atoms with Crippen molar-refractivity contribution in [2.75, 3.05) is 0 Å². The Hall–Kier alpha value is -3.46. The van der Waals surface area contributed by atoms with Crippen LogP contribution in [-0.4, -0.2) is 24.4 Å². The number of aryl methyl sites for hydroxylation is 1. The van der Waals surface area contributed by atoms with Crippen LogP contribution in [0.2, 0.25) is 18.6 Å². The maximum atomic E-state index is 3.19. The maximum absolute atomic E-state index is 3.19. The van der Waals surface area contributed by atoms with Crippen molar-refractivity contribution in [1.29, 1.82) is 0 Å². The van der Waals surface area contributed by atoms with Gasteiger partial charge >= 0.3 is 0 Å². The van der Waals surface area contributed by atoms with Crippen LogP contribution in [0.3, 0.4) is 0 Å². The third kappa shape index (κ3) is 7.86. The summed E-state index contributed by atoms with van der Waals surface area (Å²) in [6, 6.07) is 33.5. The molecule has 0 amide bonds. The standard InChI is InChI=1S/C66H91NSi/c1-17-19-36-65(37-20-18-2)57-40-49(66(46-28-26-43(3)27-29-46)59-38-47(62(6,7)8)30-33-51(59)52-34-31-48(39-60(52)66)63(9,10)11)32-35-53(57)55-41-56-54(42-58(55)65)44(4)45(5)61(56)68(15,16)67(64(12,13)14)50-24-22-21-23-25-50/h26-35,38-42,44-45,50,54,56,61H,17-25,36-37H2,1-16H3. The molecule has 9 rings (SSSR count). The first-order valence-electron chi connectivity index (χ1n) is 27.8. The van der Waals surface area contributed by atoms with Crippen LogP contribution in [0.1, 0.15) is 211 Å². The molecule has 0 spiro atoms. The molecule has 5 aliphatic carbocycles. The lowest BCUT2D eigenvalue weighted by atomic mass is 9.64. The smallest absolute Gasteiger partial charge is 0.127 e. The van der Waals surface area contributed by atoms with Crippen LogP contribution in [0, 0.1) is 30.6 Å². The van der Waals surface area contributed by atoms with Crippen LogP contribution >= 0.6 is 0 Å². The van der Waals surface area contributed by atoms with E-state index >= 15 is 0 Å². The van der Waals surface area contributed by atoms with Gasteiger partial charge in [0.25, 0.3) is 0 Å². The highest BCUT2D eigenvalue weighted by Gasteiger charge is 2.59. The topological polar surface area (TPSA) is 3.24 Å². The van der Waals surface area contributed by atoms with Gasteiger partial charge in [0.2, 0.25) is 0 Å². The van der Waals surface area contributed by atoms with Gasteiger partial charge in [-0.1, -0.05) is 224 Å². The molecule has 0 bridgehead atoms. The Morgan fingerprint density at radius 3 is 1.63 bits per heavy atom. The second-order valence-electron chi connectivity index (χ2n) is 26.7. The van der Waals surface area contributed by atoms with Crippen molar-refractivity contribution in [1.82, 2.24) is 4.57 Å². The molecule has 5 aliphatic rings. The molecule has 1 nitrogen and oxygen atoms in total. The summed E-state index contributed by atoms with van der Waals surface area (Å²) in [6.07, 6.45) is 20.3. The lowest BCUT2D eigenvalue weighted by Crippen LogP contribution is -2.65. The summed E-state index contributed by atoms with van der Waals surface area (Å²) < 4.78 is 3.19. The van der Waals surface area contributed by atoms with Crippen LogP contribution in [0.15, 0.2) is 96.6 Å². The van der Waals surface area contributed by atoms with E-state index in [1.165, 1.54) is 121 Å². The zero-order chi connectivity index (χ0) is 48.9. The van der Waals surface area contributed by atoms with E-state index in [1.54, 1.807) is 22.3 Å². The van der Waals surface area contributed by atoms with E-state index in [0.717, 1.165) is 6.04 Å². The second-order valence-corrected chi connectivity index (χ2v) is 31.2. The third-order valence-electron chi connectivity index (χ3n) is 19.0. The molecule has 2 fully saturated rings. The Bertz CT molecular complexity index is 2500. The van der Waals surface area contributed by atoms with E-state index in [9.17, 15) is 0 Å². The predicted molar refractivity (Wildman–Crippen MR) is 298 cm³/mol. The van der Waals surface area contributed by atoms with Crippen molar-refractivity contribution < 1.29 is 0 Å². The molecule has 364 valence electrons. The van der Waals surface area contributed by atoms with Crippen LogP contribution in [0.25, 0.3) is 16.7 Å². The van der Waals surface area contributed by atoms with Gasteiger partial charge in [-0.2, -0.15) is 0 Å². The number of allylic oxidation sites excluding steroid dienone is 4. The number of unbranched alkanes of at least 4 members (excludes halogenated alkanes) is 2. The van der Waals surface area contributed by atoms with Gasteiger partial charge in [-0.15, -0.1) is 0 Å². The first-order chi connectivity index (χ1) is 32.0. The summed E-state index contributed by atoms with van der Waals surface area (Å²) in [5, 5.41) is 0. The van der Waals surface area contributed by atoms with E-state index in [2.05, 4.69) is 206 Å². The lowest BCUT2D eigenvalue weighted by Gasteiger charge is -2.56. The molecule has 0 N–H and O–H groups in total. The Labute approximate surface area is 417 Å². The Balaban J connectivity index is 1.31. The fourth-order valence-corrected chi connectivity index (χ4v) is 21.9. The number of hydrogen-bond donors (Lipinski definition) is 0. The largest absolute Gasteiger partial charge is 0.316 e. The molecule has 5 unspecified atom stereocenters. The number of nitrogens with zero attached hydrogens (tertiary/aromatic N) is 1. The second kappa shape index (κ2) is 17.7. The summed E-state index contributed by atoms with van der Waals surface area (Å²) in [5.41, 5.74) is 19.6. The maximum Gasteiger partial charge on any atom is 0.127 e. The zero-order valence-electron chi connectivity index (χ0n) is 45.8. The molecule has 0 aromatic heterocycles. The Kier molecular flexibility index (Phi) is 12.9. The highest BCUT2D eigenvalue weighted by atomic mass is 28.3. The number of rotatable bonds is 11. The average Bonchev–Trinajstić information content (AvgIpc) is 3.83. The highest BCUT2D eigenvalue weighted by Crippen LogP contribution is 2.66. The fraction of sp³-hybridized carbons (Fsp3) is 0.576. The van der Waals surface area contributed by atoms with Crippen molar-refractivity contribution in [2.24, 2.45) is 23.7 Å².